The Kier molecular flexibility index (Phi) is 10.1. The van der Waals surface area contributed by atoms with Crippen LogP contribution in [0.15, 0.2) is 29.2 Å². The Morgan fingerprint density at radius 1 is 1.00 bits per heavy atom. The quantitative estimate of drug-likeness (QED) is 0.546. The van der Waals surface area contributed by atoms with E-state index in [9.17, 15) is 14.4 Å². The van der Waals surface area contributed by atoms with Crippen LogP contribution in [0.25, 0.3) is 0 Å². The molecular weight excluding hydrogens is 434 g/mol. The SMILES string of the molecule is CC(C)CCC(=O)N1CCN(C(=O)c2ccccc2SCC(=O)NCC2CCCCC2)CC1. The zero-order valence-corrected chi connectivity index (χ0v) is 21.0. The minimum atomic E-state index is -0.0185. The third-order valence-corrected chi connectivity index (χ3v) is 7.72. The maximum absolute atomic E-state index is 13.2. The average molecular weight is 474 g/mol. The highest BCUT2D eigenvalue weighted by molar-refractivity contribution is 8.00. The van der Waals surface area contributed by atoms with Crippen LogP contribution >= 0.6 is 11.8 Å². The molecule has 0 unspecified atom stereocenters. The molecule has 2 aliphatic rings. The summed E-state index contributed by atoms with van der Waals surface area (Å²) in [6.45, 7) is 7.28. The smallest absolute Gasteiger partial charge is 0.255 e. The molecule has 1 aromatic carbocycles. The van der Waals surface area contributed by atoms with Crippen molar-refractivity contribution in [3.05, 3.63) is 29.8 Å². The molecule has 1 saturated heterocycles. The minimum Gasteiger partial charge on any atom is -0.355 e. The maximum Gasteiger partial charge on any atom is 0.255 e. The van der Waals surface area contributed by atoms with Crippen molar-refractivity contribution < 1.29 is 14.4 Å². The number of nitrogens with one attached hydrogen (secondary N) is 1. The van der Waals surface area contributed by atoms with Gasteiger partial charge >= 0.3 is 0 Å². The van der Waals surface area contributed by atoms with Crippen molar-refractivity contribution in [1.82, 2.24) is 15.1 Å². The van der Waals surface area contributed by atoms with E-state index in [0.717, 1.165) is 17.9 Å². The molecule has 3 rings (SSSR count). The van der Waals surface area contributed by atoms with Crippen molar-refractivity contribution >= 4 is 29.5 Å². The van der Waals surface area contributed by atoms with Crippen LogP contribution in [-0.2, 0) is 9.59 Å². The minimum absolute atomic E-state index is 0.0185. The third kappa shape index (κ3) is 8.05. The molecule has 1 aromatic rings. The second-order valence-corrected chi connectivity index (χ2v) is 10.7. The summed E-state index contributed by atoms with van der Waals surface area (Å²) in [5, 5.41) is 3.07. The van der Waals surface area contributed by atoms with Crippen molar-refractivity contribution in [3.63, 3.8) is 0 Å². The van der Waals surface area contributed by atoms with Crippen LogP contribution in [0.1, 0.15) is 69.2 Å². The number of thioether (sulfide) groups is 1. The molecule has 1 aliphatic carbocycles. The first-order valence-corrected chi connectivity index (χ1v) is 13.5. The average Bonchev–Trinajstić information content (AvgIpc) is 2.85. The van der Waals surface area contributed by atoms with Gasteiger partial charge in [0.05, 0.1) is 11.3 Å². The van der Waals surface area contributed by atoms with Gasteiger partial charge in [-0.15, -0.1) is 11.8 Å². The fourth-order valence-electron chi connectivity index (χ4n) is 4.51. The molecule has 0 bridgehead atoms. The van der Waals surface area contributed by atoms with Gasteiger partial charge in [0.15, 0.2) is 0 Å². The van der Waals surface area contributed by atoms with Gasteiger partial charge in [-0.25, -0.2) is 0 Å². The number of nitrogens with zero attached hydrogens (tertiary/aromatic N) is 2. The lowest BCUT2D eigenvalue weighted by Gasteiger charge is -2.35. The van der Waals surface area contributed by atoms with Gasteiger partial charge in [0.2, 0.25) is 11.8 Å². The molecule has 0 aromatic heterocycles. The lowest BCUT2D eigenvalue weighted by Crippen LogP contribution is -2.50. The number of carbonyl (C=O) groups excluding carboxylic acids is 3. The Balaban J connectivity index is 1.47. The van der Waals surface area contributed by atoms with Crippen molar-refractivity contribution in [1.29, 1.82) is 0 Å². The molecule has 2 fully saturated rings. The summed E-state index contributed by atoms with van der Waals surface area (Å²) < 4.78 is 0. The first-order chi connectivity index (χ1) is 15.9. The van der Waals surface area contributed by atoms with Crippen LogP contribution in [0.4, 0.5) is 0 Å². The summed E-state index contributed by atoms with van der Waals surface area (Å²) in [6.07, 6.45) is 7.75. The highest BCUT2D eigenvalue weighted by Gasteiger charge is 2.26. The van der Waals surface area contributed by atoms with Crippen molar-refractivity contribution in [3.8, 4) is 0 Å². The Bertz CT molecular complexity index is 800. The van der Waals surface area contributed by atoms with E-state index in [1.54, 1.807) is 0 Å². The number of hydrogen-bond donors (Lipinski definition) is 1. The molecule has 7 heteroatoms. The van der Waals surface area contributed by atoms with Crippen molar-refractivity contribution in [2.45, 2.75) is 63.7 Å². The van der Waals surface area contributed by atoms with E-state index in [0.29, 0.717) is 55.8 Å². The van der Waals surface area contributed by atoms with E-state index >= 15 is 0 Å². The molecular formula is C26H39N3O3S. The van der Waals surface area contributed by atoms with Gasteiger partial charge in [-0.3, -0.25) is 14.4 Å². The standard InChI is InChI=1S/C26H39N3O3S/c1-20(2)12-13-25(31)28-14-16-29(17-15-28)26(32)22-10-6-7-11-23(22)33-19-24(30)27-18-21-8-4-3-5-9-21/h6-7,10-11,20-21H,3-5,8-9,12-19H2,1-2H3,(H,27,30). The van der Waals surface area contributed by atoms with E-state index in [2.05, 4.69) is 19.2 Å². The number of amides is 3. The molecule has 0 atom stereocenters. The first-order valence-electron chi connectivity index (χ1n) is 12.5. The summed E-state index contributed by atoms with van der Waals surface area (Å²) in [7, 11) is 0. The van der Waals surface area contributed by atoms with E-state index in [4.69, 9.17) is 0 Å². The number of benzene rings is 1. The topological polar surface area (TPSA) is 69.7 Å². The molecule has 33 heavy (non-hydrogen) atoms. The van der Waals surface area contributed by atoms with E-state index in [1.165, 1.54) is 43.9 Å². The fourth-order valence-corrected chi connectivity index (χ4v) is 5.39. The van der Waals surface area contributed by atoms with Gasteiger partial charge in [-0.05, 0) is 43.2 Å². The predicted molar refractivity (Wildman–Crippen MR) is 133 cm³/mol. The first kappa shape index (κ1) is 25.6. The molecule has 0 radical (unpaired) electrons. The van der Waals surface area contributed by atoms with Crippen LogP contribution < -0.4 is 5.32 Å². The van der Waals surface area contributed by atoms with Gasteiger partial charge in [0, 0.05) is 44.0 Å². The van der Waals surface area contributed by atoms with Crippen LogP contribution in [-0.4, -0.2) is 66.0 Å². The van der Waals surface area contributed by atoms with Crippen LogP contribution in [0.3, 0.4) is 0 Å². The molecule has 1 saturated carbocycles. The summed E-state index contributed by atoms with van der Waals surface area (Å²) in [4.78, 5) is 42.5. The van der Waals surface area contributed by atoms with Crippen molar-refractivity contribution in [2.24, 2.45) is 11.8 Å². The van der Waals surface area contributed by atoms with E-state index in [1.807, 2.05) is 34.1 Å². The van der Waals surface area contributed by atoms with Gasteiger partial charge < -0.3 is 15.1 Å². The summed E-state index contributed by atoms with van der Waals surface area (Å²) in [6, 6.07) is 7.53. The number of hydrogen-bond acceptors (Lipinski definition) is 4. The van der Waals surface area contributed by atoms with Gasteiger partial charge in [-0.2, -0.15) is 0 Å². The van der Waals surface area contributed by atoms with Crippen LogP contribution in [0, 0.1) is 11.8 Å². The van der Waals surface area contributed by atoms with E-state index in [-0.39, 0.29) is 17.7 Å². The van der Waals surface area contributed by atoms with E-state index < -0.39 is 0 Å². The molecule has 1 heterocycles. The summed E-state index contributed by atoms with van der Waals surface area (Å²) in [5.41, 5.74) is 0.641. The zero-order chi connectivity index (χ0) is 23.6. The number of rotatable bonds is 9. The van der Waals surface area contributed by atoms with Crippen LogP contribution in [0.2, 0.25) is 0 Å². The van der Waals surface area contributed by atoms with Gasteiger partial charge in [-0.1, -0.05) is 45.2 Å². The summed E-state index contributed by atoms with van der Waals surface area (Å²) in [5.74, 6) is 1.63. The third-order valence-electron chi connectivity index (χ3n) is 6.64. The van der Waals surface area contributed by atoms with Gasteiger partial charge in [0.1, 0.15) is 0 Å². The molecule has 1 N–H and O–H groups in total. The molecule has 6 nitrogen and oxygen atoms in total. The normalized spacial score (nSPS) is 17.3. The highest BCUT2D eigenvalue weighted by atomic mass is 32.2. The second-order valence-electron chi connectivity index (χ2n) is 9.70. The fraction of sp³-hybridized carbons (Fsp3) is 0.654. The highest BCUT2D eigenvalue weighted by Crippen LogP contribution is 2.25. The maximum atomic E-state index is 13.2. The lowest BCUT2D eigenvalue weighted by molar-refractivity contribution is -0.133. The second kappa shape index (κ2) is 13.0. The molecule has 3 amide bonds. The lowest BCUT2D eigenvalue weighted by atomic mass is 9.89. The summed E-state index contributed by atoms with van der Waals surface area (Å²) >= 11 is 1.42. The van der Waals surface area contributed by atoms with Crippen LogP contribution in [0.5, 0.6) is 0 Å². The monoisotopic (exact) mass is 473 g/mol. The van der Waals surface area contributed by atoms with Crippen molar-refractivity contribution in [2.75, 3.05) is 38.5 Å². The number of carbonyl (C=O) groups is 3. The molecule has 182 valence electrons. The Hall–Kier alpha value is -2.02. The number of piperazine rings is 1. The largest absolute Gasteiger partial charge is 0.355 e. The zero-order valence-electron chi connectivity index (χ0n) is 20.2. The van der Waals surface area contributed by atoms with Gasteiger partial charge in [0.25, 0.3) is 5.91 Å². The molecule has 0 spiro atoms. The Labute approximate surface area is 202 Å². The Morgan fingerprint density at radius 3 is 2.36 bits per heavy atom. The Morgan fingerprint density at radius 2 is 1.67 bits per heavy atom. The predicted octanol–water partition coefficient (Wildman–Crippen LogP) is 4.20. The molecule has 1 aliphatic heterocycles.